The topological polar surface area (TPSA) is 0 Å². The molecule has 0 saturated heterocycles. The quantitative estimate of drug-likeness (QED) is 0.200. The highest BCUT2D eigenvalue weighted by atomic mass is 28.3. The monoisotopic (exact) mass is 530 g/mol. The second-order valence-corrected chi connectivity index (χ2v) is 16.1. The van der Waals surface area contributed by atoms with Crippen LogP contribution in [0.3, 0.4) is 0 Å². The Morgan fingerprint density at radius 3 is 1.62 bits per heavy atom. The molecule has 0 nitrogen and oxygen atoms in total. The van der Waals surface area contributed by atoms with Gasteiger partial charge < -0.3 is 0 Å². The van der Waals surface area contributed by atoms with Crippen molar-refractivity contribution < 1.29 is 0 Å². The molecule has 6 aromatic carbocycles. The minimum atomic E-state index is -2.14. The van der Waals surface area contributed by atoms with E-state index in [0.29, 0.717) is 0 Å². The predicted octanol–water partition coefficient (Wildman–Crippen LogP) is 9.57. The summed E-state index contributed by atoms with van der Waals surface area (Å²) in [6.07, 6.45) is 0. The summed E-state index contributed by atoms with van der Waals surface area (Å²) < 4.78 is 0. The maximum atomic E-state index is 2.57. The molecule has 0 spiro atoms. The Bertz CT molecular complexity index is 1900. The Kier molecular flexibility index (Phi) is 5.69. The molecule has 1 aliphatic rings. The van der Waals surface area contributed by atoms with Gasteiger partial charge in [0, 0.05) is 0 Å². The van der Waals surface area contributed by atoms with Crippen LogP contribution in [0.2, 0.25) is 13.1 Å². The summed E-state index contributed by atoms with van der Waals surface area (Å²) in [6.45, 7) is 12.0. The van der Waals surface area contributed by atoms with Gasteiger partial charge in [0.1, 0.15) is 8.07 Å². The molecule has 194 valence electrons. The molecule has 1 heterocycles. The largest absolute Gasteiger partial charge is 0.114 e. The zero-order valence-corrected chi connectivity index (χ0v) is 25.0. The number of fused-ring (bicyclic) bond motifs is 2. The van der Waals surface area contributed by atoms with E-state index in [0.717, 1.165) is 0 Å². The molecule has 0 bridgehead atoms. The average Bonchev–Trinajstić information content (AvgIpc) is 2.97. The maximum Gasteiger partial charge on any atom is 0.114 e. The first-order chi connectivity index (χ1) is 19.4. The van der Waals surface area contributed by atoms with E-state index < -0.39 is 8.07 Å². The van der Waals surface area contributed by atoms with Gasteiger partial charge in [0.15, 0.2) is 0 Å². The van der Waals surface area contributed by atoms with Crippen molar-refractivity contribution in [1.29, 1.82) is 0 Å². The molecular formula is C39H34Si. The first-order valence-corrected chi connectivity index (χ1v) is 17.3. The first kappa shape index (κ1) is 24.8. The third-order valence-corrected chi connectivity index (χ3v) is 12.6. The van der Waals surface area contributed by atoms with Crippen LogP contribution in [-0.4, -0.2) is 8.07 Å². The molecule has 6 aromatic rings. The molecule has 0 unspecified atom stereocenters. The summed E-state index contributed by atoms with van der Waals surface area (Å²) in [6, 6.07) is 42.9. The van der Waals surface area contributed by atoms with Gasteiger partial charge in [-0.2, -0.15) is 0 Å². The lowest BCUT2D eigenvalue weighted by Crippen LogP contribution is -2.57. The Morgan fingerprint density at radius 2 is 1.00 bits per heavy atom. The van der Waals surface area contributed by atoms with Gasteiger partial charge >= 0.3 is 0 Å². The smallest absolute Gasteiger partial charge is 0.0622 e. The fraction of sp³-hybridized carbons (Fsp3) is 0.128. The Labute approximate surface area is 239 Å². The van der Waals surface area contributed by atoms with Gasteiger partial charge in [0.25, 0.3) is 0 Å². The van der Waals surface area contributed by atoms with Crippen LogP contribution in [0.4, 0.5) is 0 Å². The van der Waals surface area contributed by atoms with Gasteiger partial charge in [-0.3, -0.25) is 0 Å². The summed E-state index contributed by atoms with van der Waals surface area (Å²) in [5.41, 5.74) is 15.0. The highest BCUT2D eigenvalue weighted by Crippen LogP contribution is 2.49. The van der Waals surface area contributed by atoms with Crippen molar-refractivity contribution in [3.8, 4) is 44.5 Å². The van der Waals surface area contributed by atoms with Crippen molar-refractivity contribution in [2.24, 2.45) is 0 Å². The molecule has 7 rings (SSSR count). The van der Waals surface area contributed by atoms with Crippen LogP contribution >= 0.6 is 0 Å². The normalized spacial score (nSPS) is 13.3. The molecule has 0 aromatic heterocycles. The Balaban J connectivity index is 1.81. The predicted molar refractivity (Wildman–Crippen MR) is 177 cm³/mol. The molecule has 0 fully saturated rings. The van der Waals surface area contributed by atoms with E-state index >= 15 is 0 Å². The Hall–Kier alpha value is -4.20. The fourth-order valence-electron chi connectivity index (χ4n) is 7.35. The minimum absolute atomic E-state index is 1.29. The van der Waals surface area contributed by atoms with Crippen molar-refractivity contribution in [2.75, 3.05) is 0 Å². The van der Waals surface area contributed by atoms with Crippen molar-refractivity contribution in [2.45, 2.75) is 33.9 Å². The number of benzene rings is 6. The van der Waals surface area contributed by atoms with Crippen LogP contribution in [-0.2, 0) is 0 Å². The number of rotatable bonds is 3. The minimum Gasteiger partial charge on any atom is -0.0622 e. The molecule has 1 heteroatoms. The van der Waals surface area contributed by atoms with Gasteiger partial charge in [-0.1, -0.05) is 128 Å². The van der Waals surface area contributed by atoms with E-state index in [2.05, 4.69) is 149 Å². The van der Waals surface area contributed by atoms with Crippen LogP contribution in [0.15, 0.2) is 115 Å². The second kappa shape index (κ2) is 9.18. The Morgan fingerprint density at radius 1 is 0.450 bits per heavy atom. The van der Waals surface area contributed by atoms with Gasteiger partial charge in [-0.25, -0.2) is 0 Å². The second-order valence-electron chi connectivity index (χ2n) is 11.8. The van der Waals surface area contributed by atoms with Crippen molar-refractivity contribution in [1.82, 2.24) is 0 Å². The molecule has 40 heavy (non-hydrogen) atoms. The third kappa shape index (κ3) is 3.51. The highest BCUT2D eigenvalue weighted by Gasteiger charge is 2.41. The van der Waals surface area contributed by atoms with Crippen LogP contribution in [0.5, 0.6) is 0 Å². The standard InChI is InChI=1S/C39H34Si/c1-25-15-12-16-26(2)33(25)35-27(3)34(28-17-8-6-9-18-28)39-38(37(35)30-19-10-7-11-20-30)31-23-13-21-29-22-14-24-32(36(29)31)40(39,4)5/h6-24H,1-5H3. The molecule has 0 amide bonds. The maximum absolute atomic E-state index is 2.57. The molecule has 1 aliphatic heterocycles. The summed E-state index contributed by atoms with van der Waals surface area (Å²) in [7, 11) is -2.14. The zero-order chi connectivity index (χ0) is 27.6. The summed E-state index contributed by atoms with van der Waals surface area (Å²) in [4.78, 5) is 0. The van der Waals surface area contributed by atoms with Crippen molar-refractivity contribution >= 4 is 29.2 Å². The summed E-state index contributed by atoms with van der Waals surface area (Å²) in [5.74, 6) is 0. The van der Waals surface area contributed by atoms with Gasteiger partial charge in [0.05, 0.1) is 0 Å². The number of hydrogen-bond donors (Lipinski definition) is 0. The fourth-order valence-corrected chi connectivity index (χ4v) is 10.9. The number of aryl methyl sites for hydroxylation is 2. The molecule has 0 N–H and O–H groups in total. The van der Waals surface area contributed by atoms with E-state index in [4.69, 9.17) is 0 Å². The van der Waals surface area contributed by atoms with Crippen LogP contribution in [0, 0.1) is 20.8 Å². The number of hydrogen-bond acceptors (Lipinski definition) is 0. The molecule has 0 aliphatic carbocycles. The SMILES string of the molecule is Cc1cccc(C)c1-c1c(C)c(-c2ccccc2)c2c(c1-c1ccccc1)-c1cccc3cccc(c13)[Si]2(C)C. The third-order valence-electron chi connectivity index (χ3n) is 9.08. The highest BCUT2D eigenvalue weighted by molar-refractivity contribution is 7.04. The van der Waals surface area contributed by atoms with Gasteiger partial charge in [0.2, 0.25) is 0 Å². The molecule has 0 saturated carbocycles. The molecule has 0 radical (unpaired) electrons. The van der Waals surface area contributed by atoms with Gasteiger partial charge in [-0.05, 0) is 103 Å². The lowest BCUT2D eigenvalue weighted by molar-refractivity contribution is 1.35. The van der Waals surface area contributed by atoms with Crippen LogP contribution < -0.4 is 10.4 Å². The zero-order valence-electron chi connectivity index (χ0n) is 24.0. The van der Waals surface area contributed by atoms with E-state index in [1.807, 2.05) is 0 Å². The summed E-state index contributed by atoms with van der Waals surface area (Å²) in [5, 5.41) is 5.90. The van der Waals surface area contributed by atoms with E-state index in [-0.39, 0.29) is 0 Å². The van der Waals surface area contributed by atoms with Crippen molar-refractivity contribution in [3.05, 3.63) is 132 Å². The van der Waals surface area contributed by atoms with E-state index in [1.54, 1.807) is 10.4 Å². The molecule has 0 atom stereocenters. The average molecular weight is 531 g/mol. The van der Waals surface area contributed by atoms with Gasteiger partial charge in [-0.15, -0.1) is 0 Å². The lowest BCUT2D eigenvalue weighted by atomic mass is 9.78. The van der Waals surface area contributed by atoms with Crippen molar-refractivity contribution in [3.63, 3.8) is 0 Å². The summed E-state index contributed by atoms with van der Waals surface area (Å²) >= 11 is 0. The van der Waals surface area contributed by atoms with Crippen LogP contribution in [0.1, 0.15) is 16.7 Å². The first-order valence-electron chi connectivity index (χ1n) is 14.3. The molecular weight excluding hydrogens is 497 g/mol. The lowest BCUT2D eigenvalue weighted by Gasteiger charge is -2.39. The van der Waals surface area contributed by atoms with E-state index in [1.165, 1.54) is 72.0 Å². The van der Waals surface area contributed by atoms with Crippen LogP contribution in [0.25, 0.3) is 55.3 Å². The van der Waals surface area contributed by atoms with E-state index in [9.17, 15) is 0 Å².